The first-order chi connectivity index (χ1) is 6.89. The van der Waals surface area contributed by atoms with Crippen LogP contribution in [0.5, 0.6) is 0 Å². The maximum Gasteiger partial charge on any atom is 0.157 e. The van der Waals surface area contributed by atoms with Crippen LogP contribution in [0.3, 0.4) is 0 Å². The maximum atomic E-state index is 4.74. The number of aliphatic imine (C=N–C) groups is 1. The van der Waals surface area contributed by atoms with E-state index < -0.39 is 0 Å². The van der Waals surface area contributed by atoms with Crippen LogP contribution in [0.15, 0.2) is 4.99 Å². The minimum absolute atomic E-state index is 0.224. The first-order valence-corrected chi connectivity index (χ1v) is 6.86. The van der Waals surface area contributed by atoms with Crippen molar-refractivity contribution < 1.29 is 0 Å². The zero-order chi connectivity index (χ0) is 11.5. The molecule has 0 saturated carbocycles. The average Bonchev–Trinajstić information content (AvgIpc) is 1.99. The van der Waals surface area contributed by atoms with Crippen LogP contribution < -0.4 is 5.32 Å². The van der Waals surface area contributed by atoms with Crippen molar-refractivity contribution in [2.24, 2.45) is 10.9 Å². The van der Waals surface area contributed by atoms with Gasteiger partial charge in [-0.15, -0.1) is 0 Å². The number of hydrogen-bond donors (Lipinski definition) is 1. The highest BCUT2D eigenvalue weighted by molar-refractivity contribution is 8.13. The molecule has 3 heteroatoms. The van der Waals surface area contributed by atoms with Crippen molar-refractivity contribution in [1.29, 1.82) is 0 Å². The Balaban J connectivity index is 2.51. The van der Waals surface area contributed by atoms with E-state index in [4.69, 9.17) is 4.99 Å². The third-order valence-corrected chi connectivity index (χ3v) is 3.45. The number of amidine groups is 1. The monoisotopic (exact) mass is 228 g/mol. The Morgan fingerprint density at radius 2 is 2.07 bits per heavy atom. The Bertz CT molecular complexity index is 234. The first kappa shape index (κ1) is 12.9. The Morgan fingerprint density at radius 3 is 2.60 bits per heavy atom. The SMILES string of the molecule is CC(C)CC(C)N=C1NC(C)(C)CCS1. The fourth-order valence-corrected chi connectivity index (χ4v) is 3.20. The first-order valence-electron chi connectivity index (χ1n) is 5.88. The highest BCUT2D eigenvalue weighted by Crippen LogP contribution is 2.22. The third kappa shape index (κ3) is 4.92. The van der Waals surface area contributed by atoms with Gasteiger partial charge in [-0.2, -0.15) is 0 Å². The molecule has 1 fully saturated rings. The molecule has 0 aromatic heterocycles. The second kappa shape index (κ2) is 5.24. The summed E-state index contributed by atoms with van der Waals surface area (Å²) in [5.41, 5.74) is 0.224. The summed E-state index contributed by atoms with van der Waals surface area (Å²) < 4.78 is 0. The lowest BCUT2D eigenvalue weighted by atomic mass is 10.0. The van der Waals surface area contributed by atoms with Crippen molar-refractivity contribution in [3.8, 4) is 0 Å². The Labute approximate surface area is 98.3 Å². The van der Waals surface area contributed by atoms with Crippen LogP contribution in [0.2, 0.25) is 0 Å². The summed E-state index contributed by atoms with van der Waals surface area (Å²) >= 11 is 1.86. The number of rotatable bonds is 3. The van der Waals surface area contributed by atoms with Gasteiger partial charge < -0.3 is 5.32 Å². The van der Waals surface area contributed by atoms with Gasteiger partial charge in [-0.05, 0) is 39.5 Å². The molecule has 1 unspecified atom stereocenters. The van der Waals surface area contributed by atoms with Crippen LogP contribution in [0, 0.1) is 5.92 Å². The zero-order valence-corrected chi connectivity index (χ0v) is 11.4. The van der Waals surface area contributed by atoms with Crippen molar-refractivity contribution in [2.45, 2.75) is 59.0 Å². The molecule has 1 N–H and O–H groups in total. The summed E-state index contributed by atoms with van der Waals surface area (Å²) in [6, 6.07) is 0.439. The fraction of sp³-hybridized carbons (Fsp3) is 0.917. The van der Waals surface area contributed by atoms with Crippen LogP contribution >= 0.6 is 11.8 Å². The topological polar surface area (TPSA) is 24.4 Å². The molecule has 1 saturated heterocycles. The Morgan fingerprint density at radius 1 is 1.40 bits per heavy atom. The van der Waals surface area contributed by atoms with E-state index in [0.717, 1.165) is 11.1 Å². The summed E-state index contributed by atoms with van der Waals surface area (Å²) in [6.45, 7) is 11.2. The molecule has 1 heterocycles. The second-order valence-corrected chi connectivity index (χ2v) is 6.60. The van der Waals surface area contributed by atoms with E-state index in [9.17, 15) is 0 Å². The number of thioether (sulfide) groups is 1. The van der Waals surface area contributed by atoms with Crippen molar-refractivity contribution in [3.63, 3.8) is 0 Å². The Hall–Kier alpha value is -0.180. The van der Waals surface area contributed by atoms with Crippen LogP contribution in [0.1, 0.15) is 47.5 Å². The largest absolute Gasteiger partial charge is 0.360 e. The van der Waals surface area contributed by atoms with Crippen LogP contribution in [-0.4, -0.2) is 22.5 Å². The van der Waals surface area contributed by atoms with E-state index >= 15 is 0 Å². The van der Waals surface area contributed by atoms with Gasteiger partial charge in [-0.25, -0.2) is 0 Å². The van der Waals surface area contributed by atoms with Crippen LogP contribution in [-0.2, 0) is 0 Å². The molecule has 15 heavy (non-hydrogen) atoms. The van der Waals surface area contributed by atoms with Gasteiger partial charge in [0.15, 0.2) is 5.17 Å². The van der Waals surface area contributed by atoms with Crippen LogP contribution in [0.4, 0.5) is 0 Å². The smallest absolute Gasteiger partial charge is 0.157 e. The quantitative estimate of drug-likeness (QED) is 0.801. The van der Waals surface area contributed by atoms with Crippen molar-refractivity contribution in [1.82, 2.24) is 5.32 Å². The zero-order valence-electron chi connectivity index (χ0n) is 10.6. The van der Waals surface area contributed by atoms with Crippen molar-refractivity contribution in [3.05, 3.63) is 0 Å². The van der Waals surface area contributed by atoms with Gasteiger partial charge in [-0.3, -0.25) is 4.99 Å². The number of hydrogen-bond acceptors (Lipinski definition) is 2. The molecule has 2 nitrogen and oxygen atoms in total. The van der Waals surface area contributed by atoms with E-state index in [0.29, 0.717) is 6.04 Å². The van der Waals surface area contributed by atoms with Gasteiger partial charge in [0, 0.05) is 11.3 Å². The third-order valence-electron chi connectivity index (χ3n) is 2.56. The molecule has 88 valence electrons. The lowest BCUT2D eigenvalue weighted by Crippen LogP contribution is -2.46. The van der Waals surface area contributed by atoms with E-state index in [1.165, 1.54) is 18.6 Å². The predicted octanol–water partition coefficient (Wildman–Crippen LogP) is 3.28. The fourth-order valence-electron chi connectivity index (χ4n) is 1.80. The lowest BCUT2D eigenvalue weighted by molar-refractivity contribution is 0.443. The van der Waals surface area contributed by atoms with E-state index in [-0.39, 0.29) is 5.54 Å². The molecular weight excluding hydrogens is 204 g/mol. The minimum Gasteiger partial charge on any atom is -0.360 e. The molecule has 0 aliphatic carbocycles. The maximum absolute atomic E-state index is 4.74. The molecule has 0 radical (unpaired) electrons. The molecule has 1 aliphatic heterocycles. The van der Waals surface area contributed by atoms with E-state index in [1.54, 1.807) is 0 Å². The lowest BCUT2D eigenvalue weighted by Gasteiger charge is -2.32. The molecule has 1 aliphatic rings. The van der Waals surface area contributed by atoms with Crippen molar-refractivity contribution >= 4 is 16.9 Å². The van der Waals surface area contributed by atoms with Gasteiger partial charge in [0.05, 0.1) is 6.04 Å². The minimum atomic E-state index is 0.224. The van der Waals surface area contributed by atoms with Gasteiger partial charge in [0.25, 0.3) is 0 Å². The molecule has 0 aromatic rings. The standard InChI is InChI=1S/C12H24N2S/c1-9(2)8-10(3)13-11-14-12(4,5)6-7-15-11/h9-10H,6-8H2,1-5H3,(H,13,14). The molecule has 1 rings (SSSR count). The van der Waals surface area contributed by atoms with Crippen molar-refractivity contribution in [2.75, 3.05) is 5.75 Å². The molecule has 0 bridgehead atoms. The Kier molecular flexibility index (Phi) is 4.50. The van der Waals surface area contributed by atoms with Crippen LogP contribution in [0.25, 0.3) is 0 Å². The number of nitrogens with zero attached hydrogens (tertiary/aromatic N) is 1. The predicted molar refractivity (Wildman–Crippen MR) is 70.6 cm³/mol. The molecule has 1 atom stereocenters. The van der Waals surface area contributed by atoms with Gasteiger partial charge in [0.2, 0.25) is 0 Å². The second-order valence-electron chi connectivity index (χ2n) is 5.52. The average molecular weight is 228 g/mol. The molecule has 0 aromatic carbocycles. The van der Waals surface area contributed by atoms with E-state index in [2.05, 4.69) is 39.9 Å². The van der Waals surface area contributed by atoms with E-state index in [1.807, 2.05) is 11.8 Å². The molecular formula is C12H24N2S. The molecule has 0 amide bonds. The number of nitrogens with one attached hydrogen (secondary N) is 1. The summed E-state index contributed by atoms with van der Waals surface area (Å²) in [6.07, 6.45) is 2.39. The van der Waals surface area contributed by atoms with Gasteiger partial charge in [-0.1, -0.05) is 25.6 Å². The summed E-state index contributed by atoms with van der Waals surface area (Å²) in [7, 11) is 0. The highest BCUT2D eigenvalue weighted by Gasteiger charge is 2.24. The summed E-state index contributed by atoms with van der Waals surface area (Å²) in [4.78, 5) is 4.74. The van der Waals surface area contributed by atoms with Gasteiger partial charge in [0.1, 0.15) is 0 Å². The molecule has 0 spiro atoms. The highest BCUT2D eigenvalue weighted by atomic mass is 32.2. The van der Waals surface area contributed by atoms with Gasteiger partial charge >= 0.3 is 0 Å². The normalized spacial score (nSPS) is 25.3. The summed E-state index contributed by atoms with van der Waals surface area (Å²) in [5.74, 6) is 1.92. The summed E-state index contributed by atoms with van der Waals surface area (Å²) in [5, 5.41) is 4.65.